The Labute approximate surface area is 110 Å². The number of amidine groups is 1. The van der Waals surface area contributed by atoms with Crippen molar-refractivity contribution in [3.63, 3.8) is 0 Å². The molecule has 0 bridgehead atoms. The van der Waals surface area contributed by atoms with Crippen LogP contribution in [0.3, 0.4) is 0 Å². The number of aromatic nitrogens is 1. The van der Waals surface area contributed by atoms with E-state index in [0.29, 0.717) is 11.6 Å². The topological polar surface area (TPSA) is 46.8 Å². The van der Waals surface area contributed by atoms with Crippen LogP contribution in [0.4, 0.5) is 5.69 Å². The first-order valence-electron chi connectivity index (χ1n) is 5.35. The van der Waals surface area contributed by atoms with Crippen molar-refractivity contribution in [3.8, 4) is 5.75 Å². The van der Waals surface area contributed by atoms with Crippen LogP contribution < -0.4 is 4.74 Å². The van der Waals surface area contributed by atoms with E-state index in [1.54, 1.807) is 13.3 Å². The maximum absolute atomic E-state index is 5.30. The summed E-state index contributed by atoms with van der Waals surface area (Å²) in [6, 6.07) is 5.77. The molecule has 1 aromatic carbocycles. The number of ether oxygens (including phenoxy) is 1. The molecule has 0 aliphatic heterocycles. The largest absolute Gasteiger partial charge is 0.494 e. The van der Waals surface area contributed by atoms with Gasteiger partial charge in [0.25, 0.3) is 0 Å². The minimum absolute atomic E-state index is 0.512. The Kier molecular flexibility index (Phi) is 3.84. The van der Waals surface area contributed by atoms with Crippen LogP contribution in [0.15, 0.2) is 39.8 Å². The van der Waals surface area contributed by atoms with Gasteiger partial charge in [-0.1, -0.05) is 12.1 Å². The molecule has 4 nitrogen and oxygen atoms in total. The van der Waals surface area contributed by atoms with Crippen LogP contribution in [0.1, 0.15) is 10.6 Å². The highest BCUT2D eigenvalue weighted by Gasteiger charge is 2.09. The SMILES string of the molecule is C=NC(=Nc1c(C)cccc1OC)c1nccs1. The average molecular weight is 259 g/mol. The molecule has 1 heterocycles. The molecule has 0 unspecified atom stereocenters. The number of para-hydroxylation sites is 1. The number of rotatable bonds is 3. The number of aryl methyl sites for hydroxylation is 1. The molecule has 2 aromatic rings. The summed E-state index contributed by atoms with van der Waals surface area (Å²) >= 11 is 1.48. The van der Waals surface area contributed by atoms with Crippen LogP contribution in [-0.4, -0.2) is 24.6 Å². The van der Waals surface area contributed by atoms with Crippen LogP contribution in [-0.2, 0) is 0 Å². The molecule has 0 saturated carbocycles. The fourth-order valence-corrected chi connectivity index (χ4v) is 2.12. The van der Waals surface area contributed by atoms with Crippen LogP contribution in [0.5, 0.6) is 5.75 Å². The number of nitrogens with zero attached hydrogens (tertiary/aromatic N) is 3. The van der Waals surface area contributed by atoms with Gasteiger partial charge in [-0.15, -0.1) is 11.3 Å². The normalized spacial score (nSPS) is 11.3. The first kappa shape index (κ1) is 12.4. The first-order valence-corrected chi connectivity index (χ1v) is 6.23. The second kappa shape index (κ2) is 5.55. The second-order valence-electron chi connectivity index (χ2n) is 3.56. The number of methoxy groups -OCH3 is 1. The van der Waals surface area contributed by atoms with Crippen molar-refractivity contribution in [2.75, 3.05) is 7.11 Å². The van der Waals surface area contributed by atoms with Crippen molar-refractivity contribution in [2.45, 2.75) is 6.92 Å². The molecule has 1 aromatic heterocycles. The lowest BCUT2D eigenvalue weighted by Gasteiger charge is -2.07. The molecule has 0 spiro atoms. The van der Waals surface area contributed by atoms with Crippen molar-refractivity contribution < 1.29 is 4.74 Å². The molecule has 0 aliphatic carbocycles. The van der Waals surface area contributed by atoms with Gasteiger partial charge in [-0.3, -0.25) is 0 Å². The third-order valence-electron chi connectivity index (χ3n) is 2.41. The summed E-state index contributed by atoms with van der Waals surface area (Å²) in [5, 5.41) is 2.63. The van der Waals surface area contributed by atoms with E-state index in [-0.39, 0.29) is 0 Å². The Morgan fingerprint density at radius 1 is 1.44 bits per heavy atom. The van der Waals surface area contributed by atoms with Gasteiger partial charge in [0.1, 0.15) is 11.4 Å². The smallest absolute Gasteiger partial charge is 0.188 e. The summed E-state index contributed by atoms with van der Waals surface area (Å²) in [6.45, 7) is 5.52. The van der Waals surface area contributed by atoms with Crippen LogP contribution in [0.25, 0.3) is 0 Å². The fourth-order valence-electron chi connectivity index (χ4n) is 1.53. The molecule has 0 atom stereocenters. The number of hydrogen-bond acceptors (Lipinski definition) is 4. The van der Waals surface area contributed by atoms with E-state index in [4.69, 9.17) is 4.74 Å². The van der Waals surface area contributed by atoms with E-state index in [0.717, 1.165) is 16.3 Å². The van der Waals surface area contributed by atoms with Crippen molar-refractivity contribution in [2.24, 2.45) is 9.98 Å². The number of benzene rings is 1. The van der Waals surface area contributed by atoms with Gasteiger partial charge in [-0.25, -0.2) is 15.0 Å². The molecular formula is C13H13N3OS. The van der Waals surface area contributed by atoms with E-state index in [1.165, 1.54) is 11.3 Å². The maximum Gasteiger partial charge on any atom is 0.188 e. The maximum atomic E-state index is 5.30. The molecule has 0 amide bonds. The monoisotopic (exact) mass is 259 g/mol. The molecule has 0 radical (unpaired) electrons. The Balaban J connectivity index is 2.52. The predicted octanol–water partition coefficient (Wildman–Crippen LogP) is 3.24. The highest BCUT2D eigenvalue weighted by molar-refractivity contribution is 7.11. The lowest BCUT2D eigenvalue weighted by Crippen LogP contribution is -1.96. The van der Waals surface area contributed by atoms with E-state index in [9.17, 15) is 0 Å². The number of thiazole rings is 1. The molecule has 0 fully saturated rings. The van der Waals surface area contributed by atoms with Gasteiger partial charge in [-0.2, -0.15) is 0 Å². The summed E-state index contributed by atoms with van der Waals surface area (Å²) in [5.74, 6) is 1.23. The molecular weight excluding hydrogens is 246 g/mol. The van der Waals surface area contributed by atoms with Crippen molar-refractivity contribution in [1.29, 1.82) is 0 Å². The van der Waals surface area contributed by atoms with Gasteiger partial charge in [0, 0.05) is 11.6 Å². The number of hydrogen-bond donors (Lipinski definition) is 0. The zero-order valence-corrected chi connectivity index (χ0v) is 11.1. The molecule has 2 rings (SSSR count). The van der Waals surface area contributed by atoms with Crippen molar-refractivity contribution in [1.82, 2.24) is 4.98 Å². The van der Waals surface area contributed by atoms with Gasteiger partial charge in [0.15, 0.2) is 10.8 Å². The van der Waals surface area contributed by atoms with Crippen molar-refractivity contribution >= 4 is 29.6 Å². The van der Waals surface area contributed by atoms with E-state index in [1.807, 2.05) is 30.5 Å². The Bertz CT molecular complexity index is 576. The lowest BCUT2D eigenvalue weighted by atomic mass is 10.2. The molecule has 0 aliphatic rings. The zero-order valence-electron chi connectivity index (χ0n) is 10.3. The highest BCUT2D eigenvalue weighted by atomic mass is 32.1. The van der Waals surface area contributed by atoms with Gasteiger partial charge in [0.05, 0.1) is 7.11 Å². The van der Waals surface area contributed by atoms with E-state index >= 15 is 0 Å². The fraction of sp³-hybridized carbons (Fsp3) is 0.154. The van der Waals surface area contributed by atoms with Crippen LogP contribution >= 0.6 is 11.3 Å². The van der Waals surface area contributed by atoms with Gasteiger partial charge in [-0.05, 0) is 25.3 Å². The molecule has 18 heavy (non-hydrogen) atoms. The first-order chi connectivity index (χ1) is 8.76. The Morgan fingerprint density at radius 2 is 2.28 bits per heavy atom. The average Bonchev–Trinajstić information content (AvgIpc) is 2.91. The summed E-state index contributed by atoms with van der Waals surface area (Å²) < 4.78 is 5.30. The van der Waals surface area contributed by atoms with Gasteiger partial charge >= 0.3 is 0 Å². The third-order valence-corrected chi connectivity index (χ3v) is 3.18. The Hall–Kier alpha value is -2.01. The highest BCUT2D eigenvalue weighted by Crippen LogP contribution is 2.31. The van der Waals surface area contributed by atoms with Gasteiger partial charge < -0.3 is 4.74 Å². The molecule has 5 heteroatoms. The summed E-state index contributed by atoms with van der Waals surface area (Å²) in [7, 11) is 1.62. The van der Waals surface area contributed by atoms with Crippen LogP contribution in [0, 0.1) is 6.92 Å². The third kappa shape index (κ3) is 2.46. The molecule has 92 valence electrons. The molecule has 0 N–H and O–H groups in total. The van der Waals surface area contributed by atoms with E-state index in [2.05, 4.69) is 21.7 Å². The zero-order chi connectivity index (χ0) is 13.0. The molecule has 0 saturated heterocycles. The number of aliphatic imine (C=N–C) groups is 2. The van der Waals surface area contributed by atoms with Crippen LogP contribution in [0.2, 0.25) is 0 Å². The summed E-state index contributed by atoms with van der Waals surface area (Å²) in [5.41, 5.74) is 1.78. The van der Waals surface area contributed by atoms with Gasteiger partial charge in [0.2, 0.25) is 0 Å². The van der Waals surface area contributed by atoms with Crippen molar-refractivity contribution in [3.05, 3.63) is 40.3 Å². The minimum Gasteiger partial charge on any atom is -0.494 e. The quantitative estimate of drug-likeness (QED) is 0.627. The Morgan fingerprint density at radius 3 is 2.89 bits per heavy atom. The second-order valence-corrected chi connectivity index (χ2v) is 4.45. The lowest BCUT2D eigenvalue weighted by molar-refractivity contribution is 0.416. The summed E-state index contributed by atoms with van der Waals surface area (Å²) in [6.07, 6.45) is 1.72. The standard InChI is InChI=1S/C13H13N3OS/c1-9-5-4-6-10(17-3)11(9)16-12(14-2)13-15-7-8-18-13/h4-8H,2H2,1,3H3. The minimum atomic E-state index is 0.512. The summed E-state index contributed by atoms with van der Waals surface area (Å²) in [4.78, 5) is 12.6. The predicted molar refractivity (Wildman–Crippen MR) is 75.6 cm³/mol. The van der Waals surface area contributed by atoms with E-state index < -0.39 is 0 Å².